The summed E-state index contributed by atoms with van der Waals surface area (Å²) in [6.45, 7) is 7.15. The molecule has 0 heterocycles. The summed E-state index contributed by atoms with van der Waals surface area (Å²) in [5.74, 6) is -1.35. The van der Waals surface area contributed by atoms with Crippen LogP contribution in [0.5, 0.6) is 0 Å². The maximum absolute atomic E-state index is 13.0. The third-order valence-corrected chi connectivity index (χ3v) is 16.4. The Morgan fingerprint density at radius 1 is 0.329 bits per heavy atom. The molecule has 0 spiro atoms. The summed E-state index contributed by atoms with van der Waals surface area (Å²) in [7, 11) is -9.88. The van der Waals surface area contributed by atoms with Gasteiger partial charge in [0.1, 0.15) is 19.3 Å². The lowest BCUT2D eigenvalue weighted by atomic mass is 10.0. The molecule has 0 bridgehead atoms. The molecule has 0 aromatic carbocycles. The Morgan fingerprint density at radius 2 is 0.561 bits per heavy atom. The molecule has 0 saturated heterocycles. The van der Waals surface area contributed by atoms with E-state index in [0.717, 1.165) is 102 Å². The minimum atomic E-state index is -4.94. The van der Waals surface area contributed by atoms with Gasteiger partial charge in [0.25, 0.3) is 0 Å². The van der Waals surface area contributed by atoms with E-state index in [0.29, 0.717) is 25.7 Å². The molecule has 0 aliphatic carbocycles. The molecule has 0 radical (unpaired) electrons. The first kappa shape index (κ1) is 80.1. The lowest BCUT2D eigenvalue weighted by Crippen LogP contribution is -2.30. The molecule has 0 rings (SSSR count). The highest BCUT2D eigenvalue weighted by Gasteiger charge is 2.30. The lowest BCUT2D eigenvalue weighted by molar-refractivity contribution is -0.161. The van der Waals surface area contributed by atoms with Crippen LogP contribution in [0.4, 0.5) is 0 Å². The first-order valence-electron chi connectivity index (χ1n) is 33.1. The second-order valence-electron chi connectivity index (χ2n) is 23.3. The van der Waals surface area contributed by atoms with E-state index in [1.54, 1.807) is 0 Å². The minimum Gasteiger partial charge on any atom is -0.462 e. The SMILES string of the molecule is CCCCCCCCCCCC(=O)OC[C@H](COP(=O)(O)OC[C@@H](O)COP(=O)(O)OC[C@@H](COC(=O)CCCCCCCCCC)OC(=O)CCCCCCCCCCC)OC(=O)CCCCCCCCCCCCCCCC(C)C. The topological polar surface area (TPSA) is 237 Å². The molecule has 486 valence electrons. The van der Waals surface area contributed by atoms with E-state index < -0.39 is 97.5 Å². The number of aliphatic hydroxyl groups is 1. The van der Waals surface area contributed by atoms with E-state index in [9.17, 15) is 43.2 Å². The Balaban J connectivity index is 5.18. The summed E-state index contributed by atoms with van der Waals surface area (Å²) in [6, 6.07) is 0. The van der Waals surface area contributed by atoms with Crippen LogP contribution in [0.3, 0.4) is 0 Å². The number of hydrogen-bond donors (Lipinski definition) is 3. The fourth-order valence-corrected chi connectivity index (χ4v) is 11.0. The largest absolute Gasteiger partial charge is 0.472 e. The molecule has 0 aliphatic rings. The molecule has 19 heteroatoms. The highest BCUT2D eigenvalue weighted by atomic mass is 31.2. The van der Waals surface area contributed by atoms with Gasteiger partial charge in [-0.25, -0.2) is 9.13 Å². The molecule has 2 unspecified atom stereocenters. The number of aliphatic hydroxyl groups excluding tert-OH is 1. The van der Waals surface area contributed by atoms with Crippen LogP contribution in [0.2, 0.25) is 0 Å². The molecule has 5 atom stereocenters. The van der Waals surface area contributed by atoms with Crippen molar-refractivity contribution in [2.45, 2.75) is 335 Å². The molecule has 0 aromatic rings. The number of ether oxygens (including phenoxy) is 4. The second kappa shape index (κ2) is 56.8. The van der Waals surface area contributed by atoms with Gasteiger partial charge in [-0.05, 0) is 31.6 Å². The summed E-state index contributed by atoms with van der Waals surface area (Å²) >= 11 is 0. The Labute approximate surface area is 498 Å². The summed E-state index contributed by atoms with van der Waals surface area (Å²) in [6.07, 6.45) is 40.3. The van der Waals surface area contributed by atoms with Gasteiger partial charge < -0.3 is 33.8 Å². The average molecular weight is 1210 g/mol. The second-order valence-corrected chi connectivity index (χ2v) is 26.2. The van der Waals surface area contributed by atoms with Crippen molar-refractivity contribution in [1.29, 1.82) is 0 Å². The van der Waals surface area contributed by atoms with Crippen molar-refractivity contribution in [2.75, 3.05) is 39.6 Å². The predicted octanol–water partition coefficient (Wildman–Crippen LogP) is 17.4. The van der Waals surface area contributed by atoms with Crippen molar-refractivity contribution >= 4 is 39.5 Å². The first-order valence-corrected chi connectivity index (χ1v) is 36.1. The molecule has 0 saturated carbocycles. The van der Waals surface area contributed by atoms with Gasteiger partial charge in [0.15, 0.2) is 12.2 Å². The minimum absolute atomic E-state index is 0.106. The third-order valence-electron chi connectivity index (χ3n) is 14.5. The predicted molar refractivity (Wildman–Crippen MR) is 326 cm³/mol. The molecular formula is C63H122O17P2. The van der Waals surface area contributed by atoms with E-state index >= 15 is 0 Å². The standard InChI is InChI=1S/C63H122O17P2/c1-6-9-12-15-18-26-32-37-42-47-61(66)74-53-59(80-63(68)49-44-39-34-29-25-23-21-22-24-28-30-35-40-45-56(4)5)55-78-82(71,72)76-51-57(64)50-75-81(69,70)77-54-58(52-73-60(65)46-41-36-31-20-17-14-11-8-3)79-62(67)48-43-38-33-27-19-16-13-10-7-2/h56-59,64H,6-55H2,1-5H3,(H,69,70)(H,71,72)/t57-,58+,59+/m0/s1. The van der Waals surface area contributed by atoms with Crippen LogP contribution in [-0.4, -0.2) is 96.7 Å². The van der Waals surface area contributed by atoms with Gasteiger partial charge in [0.2, 0.25) is 0 Å². The summed E-state index contributed by atoms with van der Waals surface area (Å²) in [5, 5.41) is 10.5. The molecule has 0 aliphatic heterocycles. The fraction of sp³-hybridized carbons (Fsp3) is 0.937. The number of phosphoric acid groups is 2. The van der Waals surface area contributed by atoms with Gasteiger partial charge in [-0.3, -0.25) is 37.3 Å². The van der Waals surface area contributed by atoms with Crippen molar-refractivity contribution in [3.8, 4) is 0 Å². The zero-order chi connectivity index (χ0) is 60.6. The Bertz CT molecular complexity index is 1600. The van der Waals surface area contributed by atoms with E-state index in [-0.39, 0.29) is 25.7 Å². The summed E-state index contributed by atoms with van der Waals surface area (Å²) < 4.78 is 67.8. The molecule has 0 aromatic heterocycles. The molecule has 82 heavy (non-hydrogen) atoms. The monoisotopic (exact) mass is 1210 g/mol. The third kappa shape index (κ3) is 57.2. The fourth-order valence-electron chi connectivity index (χ4n) is 9.41. The average Bonchev–Trinajstić information content (AvgIpc) is 3.46. The first-order chi connectivity index (χ1) is 39.5. The molecule has 17 nitrogen and oxygen atoms in total. The number of unbranched alkanes of at least 4 members (excludes halogenated alkanes) is 35. The van der Waals surface area contributed by atoms with Gasteiger partial charge in [-0.1, -0.05) is 266 Å². The quantitative estimate of drug-likeness (QED) is 0.0222. The van der Waals surface area contributed by atoms with E-state index in [1.807, 2.05) is 0 Å². The van der Waals surface area contributed by atoms with Crippen LogP contribution < -0.4 is 0 Å². The van der Waals surface area contributed by atoms with E-state index in [4.69, 9.17) is 37.0 Å². The maximum Gasteiger partial charge on any atom is 0.472 e. The van der Waals surface area contributed by atoms with Crippen LogP contribution >= 0.6 is 15.6 Å². The number of carbonyl (C=O) groups is 4. The van der Waals surface area contributed by atoms with Gasteiger partial charge in [0, 0.05) is 25.7 Å². The van der Waals surface area contributed by atoms with E-state index in [1.165, 1.54) is 135 Å². The van der Waals surface area contributed by atoms with Gasteiger partial charge in [0.05, 0.1) is 26.4 Å². The van der Waals surface area contributed by atoms with Crippen LogP contribution in [0.15, 0.2) is 0 Å². The van der Waals surface area contributed by atoms with Crippen molar-refractivity contribution in [1.82, 2.24) is 0 Å². The number of esters is 4. The Morgan fingerprint density at radius 3 is 0.829 bits per heavy atom. The smallest absolute Gasteiger partial charge is 0.462 e. The highest BCUT2D eigenvalue weighted by Crippen LogP contribution is 2.45. The van der Waals surface area contributed by atoms with Crippen molar-refractivity contribution in [3.05, 3.63) is 0 Å². The van der Waals surface area contributed by atoms with Gasteiger partial charge in [-0.15, -0.1) is 0 Å². The summed E-state index contributed by atoms with van der Waals surface area (Å²) in [4.78, 5) is 72.0. The maximum atomic E-state index is 13.0. The molecule has 0 amide bonds. The molecular weight excluding hydrogens is 1090 g/mol. The number of carbonyl (C=O) groups excluding carboxylic acids is 4. The number of hydrogen-bond acceptors (Lipinski definition) is 15. The molecule has 3 N–H and O–H groups in total. The van der Waals surface area contributed by atoms with Crippen LogP contribution in [0, 0.1) is 5.92 Å². The number of rotatable bonds is 63. The zero-order valence-corrected chi connectivity index (χ0v) is 54.4. The summed E-state index contributed by atoms with van der Waals surface area (Å²) in [5.41, 5.74) is 0. The van der Waals surface area contributed by atoms with Crippen LogP contribution in [-0.2, 0) is 65.4 Å². The van der Waals surface area contributed by atoms with Gasteiger partial charge >= 0.3 is 39.5 Å². The lowest BCUT2D eigenvalue weighted by Gasteiger charge is -2.21. The Kier molecular flexibility index (Phi) is 55.5. The van der Waals surface area contributed by atoms with Crippen LogP contribution in [0.25, 0.3) is 0 Å². The van der Waals surface area contributed by atoms with Crippen molar-refractivity contribution in [2.24, 2.45) is 5.92 Å². The number of phosphoric ester groups is 2. The Hall–Kier alpha value is -1.94. The van der Waals surface area contributed by atoms with Crippen molar-refractivity contribution < 1.29 is 80.2 Å². The van der Waals surface area contributed by atoms with Gasteiger partial charge in [-0.2, -0.15) is 0 Å². The normalized spacial score (nSPS) is 14.3. The molecule has 0 fully saturated rings. The van der Waals surface area contributed by atoms with Crippen LogP contribution in [0.1, 0.15) is 317 Å². The van der Waals surface area contributed by atoms with E-state index in [2.05, 4.69) is 34.6 Å². The van der Waals surface area contributed by atoms with Crippen molar-refractivity contribution in [3.63, 3.8) is 0 Å². The zero-order valence-electron chi connectivity index (χ0n) is 52.6. The highest BCUT2D eigenvalue weighted by molar-refractivity contribution is 7.47.